The van der Waals surface area contributed by atoms with Gasteiger partial charge in [0.05, 0.1) is 10.5 Å². The van der Waals surface area contributed by atoms with Gasteiger partial charge in [0, 0.05) is 12.6 Å². The molecule has 0 saturated carbocycles. The summed E-state index contributed by atoms with van der Waals surface area (Å²) < 4.78 is 0. The minimum absolute atomic E-state index is 0.00644. The molecule has 0 aromatic heterocycles. The lowest BCUT2D eigenvalue weighted by Crippen LogP contribution is -2.34. The van der Waals surface area contributed by atoms with Crippen molar-refractivity contribution in [2.75, 3.05) is 12.3 Å². The second-order valence-corrected chi connectivity index (χ2v) is 4.90. The fourth-order valence-electron chi connectivity index (χ4n) is 1.87. The zero-order valence-corrected chi connectivity index (χ0v) is 11.6. The molecule has 0 spiro atoms. The molecule has 0 bridgehead atoms. The van der Waals surface area contributed by atoms with Gasteiger partial charge >= 0.3 is 0 Å². The topological polar surface area (TPSA) is 107 Å². The standard InChI is InChI=1S/C13H17N3O4/c1-8(2)6-15(7-17)13(18)11-9(3)4-5-10(12(11)14)16(19)20/h4-5,7-8H,6,14H2,1-3H3. The monoisotopic (exact) mass is 279 g/mol. The number of nitro groups is 1. The number of nitrogens with two attached hydrogens (primary N) is 1. The van der Waals surface area contributed by atoms with Gasteiger partial charge in [-0.3, -0.25) is 24.6 Å². The first-order valence-corrected chi connectivity index (χ1v) is 6.09. The van der Waals surface area contributed by atoms with Crippen molar-refractivity contribution in [3.8, 4) is 0 Å². The molecule has 7 nitrogen and oxygen atoms in total. The van der Waals surface area contributed by atoms with Gasteiger partial charge in [-0.15, -0.1) is 0 Å². The third-order valence-corrected chi connectivity index (χ3v) is 2.79. The lowest BCUT2D eigenvalue weighted by molar-refractivity contribution is -0.383. The molecule has 2 N–H and O–H groups in total. The number of nitrogen functional groups attached to an aromatic ring is 1. The van der Waals surface area contributed by atoms with Crippen LogP contribution in [0.15, 0.2) is 12.1 Å². The van der Waals surface area contributed by atoms with Crippen LogP contribution in [-0.2, 0) is 4.79 Å². The molecule has 108 valence electrons. The molecule has 0 aliphatic rings. The quantitative estimate of drug-likeness (QED) is 0.382. The zero-order chi connectivity index (χ0) is 15.4. The molecule has 0 aliphatic heterocycles. The van der Waals surface area contributed by atoms with Gasteiger partial charge in [-0.1, -0.05) is 19.9 Å². The maximum absolute atomic E-state index is 12.3. The van der Waals surface area contributed by atoms with Gasteiger partial charge in [0.1, 0.15) is 5.69 Å². The van der Waals surface area contributed by atoms with E-state index in [1.807, 2.05) is 13.8 Å². The normalized spacial score (nSPS) is 10.4. The highest BCUT2D eigenvalue weighted by Gasteiger charge is 2.25. The second kappa shape index (κ2) is 6.14. The predicted molar refractivity (Wildman–Crippen MR) is 74.2 cm³/mol. The van der Waals surface area contributed by atoms with Crippen LogP contribution in [0.2, 0.25) is 0 Å². The summed E-state index contributed by atoms with van der Waals surface area (Å²) >= 11 is 0. The van der Waals surface area contributed by atoms with Crippen molar-refractivity contribution in [2.24, 2.45) is 5.92 Å². The van der Waals surface area contributed by atoms with Crippen molar-refractivity contribution in [1.82, 2.24) is 4.90 Å². The van der Waals surface area contributed by atoms with Gasteiger partial charge in [-0.05, 0) is 18.4 Å². The molecule has 1 rings (SSSR count). The smallest absolute Gasteiger partial charge is 0.292 e. The van der Waals surface area contributed by atoms with Gasteiger partial charge in [-0.25, -0.2) is 0 Å². The van der Waals surface area contributed by atoms with Crippen molar-refractivity contribution in [2.45, 2.75) is 20.8 Å². The van der Waals surface area contributed by atoms with Crippen molar-refractivity contribution in [3.63, 3.8) is 0 Å². The molecule has 0 saturated heterocycles. The molecule has 0 unspecified atom stereocenters. The number of hydrogen-bond donors (Lipinski definition) is 1. The lowest BCUT2D eigenvalue weighted by Gasteiger charge is -2.19. The molecule has 20 heavy (non-hydrogen) atoms. The molecule has 2 amide bonds. The molecule has 1 aromatic rings. The molecule has 0 radical (unpaired) electrons. The van der Waals surface area contributed by atoms with E-state index < -0.39 is 10.8 Å². The van der Waals surface area contributed by atoms with Crippen LogP contribution < -0.4 is 5.73 Å². The van der Waals surface area contributed by atoms with Gasteiger partial charge in [-0.2, -0.15) is 0 Å². The lowest BCUT2D eigenvalue weighted by atomic mass is 10.0. The van der Waals surface area contributed by atoms with Crippen LogP contribution in [-0.4, -0.2) is 28.7 Å². The number of rotatable bonds is 5. The molecule has 7 heteroatoms. The number of carbonyl (C=O) groups excluding carboxylic acids is 2. The third kappa shape index (κ3) is 3.11. The molecule has 1 aromatic carbocycles. The summed E-state index contributed by atoms with van der Waals surface area (Å²) in [4.78, 5) is 34.5. The van der Waals surface area contributed by atoms with E-state index in [9.17, 15) is 19.7 Å². The van der Waals surface area contributed by atoms with Crippen LogP contribution in [0.25, 0.3) is 0 Å². The molecule has 0 aliphatic carbocycles. The van der Waals surface area contributed by atoms with Gasteiger partial charge in [0.15, 0.2) is 0 Å². The van der Waals surface area contributed by atoms with E-state index in [4.69, 9.17) is 5.73 Å². The first-order chi connectivity index (χ1) is 9.29. The summed E-state index contributed by atoms with van der Waals surface area (Å²) in [6.07, 6.45) is 0.417. The van der Waals surface area contributed by atoms with Gasteiger partial charge in [0.2, 0.25) is 6.41 Å². The highest BCUT2D eigenvalue weighted by atomic mass is 16.6. The van der Waals surface area contributed by atoms with E-state index in [-0.39, 0.29) is 29.4 Å². The number of nitrogens with zero attached hydrogens (tertiary/aromatic N) is 2. The van der Waals surface area contributed by atoms with Crippen LogP contribution in [0.5, 0.6) is 0 Å². The minimum atomic E-state index is -0.654. The van der Waals surface area contributed by atoms with Crippen molar-refractivity contribution >= 4 is 23.7 Å². The number of amides is 2. The maximum Gasteiger partial charge on any atom is 0.292 e. The van der Waals surface area contributed by atoms with Crippen LogP contribution in [0, 0.1) is 23.0 Å². The van der Waals surface area contributed by atoms with E-state index >= 15 is 0 Å². The first-order valence-electron chi connectivity index (χ1n) is 6.09. The average molecular weight is 279 g/mol. The van der Waals surface area contributed by atoms with Crippen LogP contribution in [0.4, 0.5) is 11.4 Å². The summed E-state index contributed by atoms with van der Waals surface area (Å²) in [5.41, 5.74) is 5.65. The summed E-state index contributed by atoms with van der Waals surface area (Å²) in [7, 11) is 0. The Morgan fingerprint density at radius 1 is 1.50 bits per heavy atom. The fraction of sp³-hybridized carbons (Fsp3) is 0.385. The number of benzene rings is 1. The van der Waals surface area contributed by atoms with Crippen molar-refractivity contribution in [1.29, 1.82) is 0 Å². The maximum atomic E-state index is 12.3. The number of anilines is 1. The first kappa shape index (κ1) is 15.6. The molecular weight excluding hydrogens is 262 g/mol. The molecule has 0 heterocycles. The largest absolute Gasteiger partial charge is 0.392 e. The van der Waals surface area contributed by atoms with E-state index in [0.29, 0.717) is 12.0 Å². The second-order valence-electron chi connectivity index (χ2n) is 4.90. The molecular formula is C13H17N3O4. The summed E-state index contributed by atoms with van der Waals surface area (Å²) in [6.45, 7) is 5.55. The van der Waals surface area contributed by atoms with E-state index in [1.54, 1.807) is 6.92 Å². The highest BCUT2D eigenvalue weighted by molar-refractivity contribution is 6.06. The Balaban J connectivity index is 3.30. The van der Waals surface area contributed by atoms with Crippen LogP contribution in [0.1, 0.15) is 29.8 Å². The van der Waals surface area contributed by atoms with E-state index in [0.717, 1.165) is 4.90 Å². The fourth-order valence-corrected chi connectivity index (χ4v) is 1.87. The predicted octanol–water partition coefficient (Wildman–Crippen LogP) is 1.74. The summed E-state index contributed by atoms with van der Waals surface area (Å²) in [5.74, 6) is -0.531. The Labute approximate surface area is 116 Å². The number of aryl methyl sites for hydroxylation is 1. The van der Waals surface area contributed by atoms with Crippen molar-refractivity contribution < 1.29 is 14.5 Å². The Hall–Kier alpha value is -2.44. The van der Waals surface area contributed by atoms with Crippen molar-refractivity contribution in [3.05, 3.63) is 33.4 Å². The van der Waals surface area contributed by atoms with E-state index in [2.05, 4.69) is 0 Å². The van der Waals surface area contributed by atoms with E-state index in [1.165, 1.54) is 12.1 Å². The number of imide groups is 1. The SMILES string of the molecule is Cc1ccc([N+](=O)[O-])c(N)c1C(=O)N(C=O)CC(C)C. The molecule has 0 atom stereocenters. The average Bonchev–Trinajstić information content (AvgIpc) is 2.34. The Kier molecular flexibility index (Phi) is 4.79. The summed E-state index contributed by atoms with van der Waals surface area (Å²) in [5, 5.41) is 10.9. The Bertz CT molecular complexity index is 555. The minimum Gasteiger partial charge on any atom is -0.392 e. The summed E-state index contributed by atoms with van der Waals surface area (Å²) in [6, 6.07) is 2.69. The number of carbonyl (C=O) groups is 2. The van der Waals surface area contributed by atoms with Gasteiger partial charge in [0.25, 0.3) is 11.6 Å². The molecule has 0 fully saturated rings. The number of hydrogen-bond acceptors (Lipinski definition) is 5. The Morgan fingerprint density at radius 3 is 2.55 bits per heavy atom. The highest BCUT2D eigenvalue weighted by Crippen LogP contribution is 2.28. The van der Waals surface area contributed by atoms with Crippen LogP contribution >= 0.6 is 0 Å². The number of nitro benzene ring substituents is 1. The van der Waals surface area contributed by atoms with Crippen LogP contribution in [0.3, 0.4) is 0 Å². The van der Waals surface area contributed by atoms with Gasteiger partial charge < -0.3 is 5.73 Å². The Morgan fingerprint density at radius 2 is 2.10 bits per heavy atom. The zero-order valence-electron chi connectivity index (χ0n) is 11.6. The third-order valence-electron chi connectivity index (χ3n) is 2.79.